The summed E-state index contributed by atoms with van der Waals surface area (Å²) in [4.78, 5) is 11.4. The first-order chi connectivity index (χ1) is 7.15. The number of esters is 1. The van der Waals surface area contributed by atoms with Crippen molar-refractivity contribution in [1.29, 1.82) is 0 Å². The molecule has 2 unspecified atom stereocenters. The highest BCUT2D eigenvalue weighted by molar-refractivity contribution is 5.80. The topological polar surface area (TPSA) is 26.3 Å². The van der Waals surface area contributed by atoms with Gasteiger partial charge in [0.15, 0.2) is 0 Å². The van der Waals surface area contributed by atoms with Gasteiger partial charge >= 0.3 is 5.97 Å². The fourth-order valence-corrected chi connectivity index (χ4v) is 2.03. The quantitative estimate of drug-likeness (QED) is 0.707. The second-order valence-corrected chi connectivity index (χ2v) is 4.33. The maximum Gasteiger partial charge on any atom is 0.313 e. The standard InChI is InChI=1S/C13H16O2/c1-3-13(2)11(12(14)15-13)9-10-7-5-4-6-8-10/h4-8,11H,3,9H2,1-2H3. The van der Waals surface area contributed by atoms with Gasteiger partial charge in [0.25, 0.3) is 0 Å². The van der Waals surface area contributed by atoms with Crippen molar-refractivity contribution >= 4 is 5.97 Å². The minimum atomic E-state index is -0.243. The third-order valence-electron chi connectivity index (χ3n) is 3.34. The molecule has 2 atom stereocenters. The molecular formula is C13H16O2. The lowest BCUT2D eigenvalue weighted by Gasteiger charge is -2.44. The molecule has 1 fully saturated rings. The highest BCUT2D eigenvalue weighted by atomic mass is 16.6. The van der Waals surface area contributed by atoms with Gasteiger partial charge in [-0.1, -0.05) is 37.3 Å². The van der Waals surface area contributed by atoms with E-state index in [-0.39, 0.29) is 17.5 Å². The lowest BCUT2D eigenvalue weighted by molar-refractivity contribution is -0.209. The Morgan fingerprint density at radius 1 is 1.33 bits per heavy atom. The molecule has 0 radical (unpaired) electrons. The molecule has 1 aromatic rings. The molecule has 1 saturated heterocycles. The van der Waals surface area contributed by atoms with Crippen LogP contribution in [0, 0.1) is 5.92 Å². The molecule has 2 heteroatoms. The normalized spacial score (nSPS) is 29.5. The highest BCUT2D eigenvalue weighted by Gasteiger charge is 2.51. The van der Waals surface area contributed by atoms with Crippen molar-refractivity contribution in [3.63, 3.8) is 0 Å². The zero-order valence-corrected chi connectivity index (χ0v) is 9.19. The van der Waals surface area contributed by atoms with Crippen LogP contribution >= 0.6 is 0 Å². The first-order valence-corrected chi connectivity index (χ1v) is 5.42. The lowest BCUT2D eigenvalue weighted by Crippen LogP contribution is -2.55. The van der Waals surface area contributed by atoms with Gasteiger partial charge in [-0.3, -0.25) is 4.79 Å². The average molecular weight is 204 g/mol. The molecule has 1 heterocycles. The summed E-state index contributed by atoms with van der Waals surface area (Å²) in [5, 5.41) is 0. The molecule has 0 amide bonds. The summed E-state index contributed by atoms with van der Waals surface area (Å²) in [6, 6.07) is 10.1. The maximum atomic E-state index is 11.4. The molecule has 0 spiro atoms. The smallest absolute Gasteiger partial charge is 0.313 e. The van der Waals surface area contributed by atoms with Gasteiger partial charge in [0.1, 0.15) is 11.5 Å². The van der Waals surface area contributed by atoms with Crippen LogP contribution in [-0.4, -0.2) is 11.6 Å². The molecule has 1 aliphatic rings. The Kier molecular flexibility index (Phi) is 2.51. The van der Waals surface area contributed by atoms with Crippen molar-refractivity contribution in [2.75, 3.05) is 0 Å². The molecule has 1 aromatic carbocycles. The molecule has 0 aromatic heterocycles. The van der Waals surface area contributed by atoms with Gasteiger partial charge in [-0.15, -0.1) is 0 Å². The molecule has 2 rings (SSSR count). The zero-order chi connectivity index (χ0) is 10.9. The number of benzene rings is 1. The molecule has 0 bridgehead atoms. The molecule has 15 heavy (non-hydrogen) atoms. The fourth-order valence-electron chi connectivity index (χ4n) is 2.03. The first kappa shape index (κ1) is 10.2. The van der Waals surface area contributed by atoms with Crippen LogP contribution in [0.5, 0.6) is 0 Å². The SMILES string of the molecule is CCC1(C)OC(=O)C1Cc1ccccc1. The first-order valence-electron chi connectivity index (χ1n) is 5.42. The molecular weight excluding hydrogens is 188 g/mol. The Bertz CT molecular complexity index is 358. The fraction of sp³-hybridized carbons (Fsp3) is 0.462. The van der Waals surface area contributed by atoms with E-state index in [1.807, 2.05) is 25.1 Å². The van der Waals surface area contributed by atoms with Crippen LogP contribution in [-0.2, 0) is 16.0 Å². The van der Waals surface area contributed by atoms with E-state index in [1.54, 1.807) is 0 Å². The molecule has 1 aliphatic heterocycles. The van der Waals surface area contributed by atoms with E-state index >= 15 is 0 Å². The van der Waals surface area contributed by atoms with Gasteiger partial charge in [0, 0.05) is 0 Å². The van der Waals surface area contributed by atoms with E-state index in [2.05, 4.69) is 19.1 Å². The van der Waals surface area contributed by atoms with Gasteiger partial charge in [-0.2, -0.15) is 0 Å². The zero-order valence-electron chi connectivity index (χ0n) is 9.19. The number of ether oxygens (including phenoxy) is 1. The molecule has 0 N–H and O–H groups in total. The highest BCUT2D eigenvalue weighted by Crippen LogP contribution is 2.38. The Hall–Kier alpha value is -1.31. The minimum absolute atomic E-state index is 0.0323. The van der Waals surface area contributed by atoms with E-state index in [1.165, 1.54) is 5.56 Å². The largest absolute Gasteiger partial charge is 0.458 e. The molecule has 2 nitrogen and oxygen atoms in total. The van der Waals surface area contributed by atoms with Crippen LogP contribution in [0.1, 0.15) is 25.8 Å². The number of hydrogen-bond acceptors (Lipinski definition) is 2. The third-order valence-corrected chi connectivity index (χ3v) is 3.34. The van der Waals surface area contributed by atoms with Crippen LogP contribution in [0.15, 0.2) is 30.3 Å². The Labute approximate surface area is 90.3 Å². The summed E-state index contributed by atoms with van der Waals surface area (Å²) >= 11 is 0. The Balaban J connectivity index is 2.09. The average Bonchev–Trinajstić information content (AvgIpc) is 2.27. The second kappa shape index (κ2) is 3.69. The van der Waals surface area contributed by atoms with Crippen LogP contribution in [0.3, 0.4) is 0 Å². The molecule has 0 aliphatic carbocycles. The lowest BCUT2D eigenvalue weighted by atomic mass is 9.77. The van der Waals surface area contributed by atoms with Crippen LogP contribution in [0.25, 0.3) is 0 Å². The van der Waals surface area contributed by atoms with E-state index < -0.39 is 0 Å². The summed E-state index contributed by atoms with van der Waals surface area (Å²) in [5.41, 5.74) is 0.964. The number of carbonyl (C=O) groups excluding carboxylic acids is 1. The van der Waals surface area contributed by atoms with Gasteiger partial charge in [0.2, 0.25) is 0 Å². The predicted octanol–water partition coefficient (Wildman–Crippen LogP) is 2.57. The minimum Gasteiger partial charge on any atom is -0.458 e. The maximum absolute atomic E-state index is 11.4. The monoisotopic (exact) mass is 204 g/mol. The number of rotatable bonds is 3. The van der Waals surface area contributed by atoms with Crippen molar-refractivity contribution in [1.82, 2.24) is 0 Å². The van der Waals surface area contributed by atoms with Crippen molar-refractivity contribution in [2.45, 2.75) is 32.3 Å². The van der Waals surface area contributed by atoms with Gasteiger partial charge < -0.3 is 4.74 Å². The van der Waals surface area contributed by atoms with Crippen molar-refractivity contribution in [2.24, 2.45) is 5.92 Å². The number of cyclic esters (lactones) is 1. The van der Waals surface area contributed by atoms with Crippen LogP contribution in [0.2, 0.25) is 0 Å². The summed E-state index contributed by atoms with van der Waals surface area (Å²) in [6.07, 6.45) is 1.68. The number of carbonyl (C=O) groups is 1. The summed E-state index contributed by atoms with van der Waals surface area (Å²) in [5.74, 6) is -0.0203. The Morgan fingerprint density at radius 3 is 2.53 bits per heavy atom. The van der Waals surface area contributed by atoms with Crippen molar-refractivity contribution in [3.05, 3.63) is 35.9 Å². The van der Waals surface area contributed by atoms with Gasteiger partial charge in [0.05, 0.1) is 0 Å². The summed E-state index contributed by atoms with van der Waals surface area (Å²) < 4.78 is 5.22. The van der Waals surface area contributed by atoms with Crippen LogP contribution < -0.4 is 0 Å². The Morgan fingerprint density at radius 2 is 2.00 bits per heavy atom. The van der Waals surface area contributed by atoms with Crippen LogP contribution in [0.4, 0.5) is 0 Å². The molecule has 0 saturated carbocycles. The number of hydrogen-bond donors (Lipinski definition) is 0. The molecule has 80 valence electrons. The van der Waals surface area contributed by atoms with Crippen molar-refractivity contribution < 1.29 is 9.53 Å². The van der Waals surface area contributed by atoms with Gasteiger partial charge in [-0.25, -0.2) is 0 Å². The van der Waals surface area contributed by atoms with Crippen molar-refractivity contribution in [3.8, 4) is 0 Å². The predicted molar refractivity (Wildman–Crippen MR) is 58.4 cm³/mol. The summed E-state index contributed by atoms with van der Waals surface area (Å²) in [6.45, 7) is 4.08. The summed E-state index contributed by atoms with van der Waals surface area (Å²) in [7, 11) is 0. The van der Waals surface area contributed by atoms with E-state index in [0.717, 1.165) is 12.8 Å². The van der Waals surface area contributed by atoms with Gasteiger partial charge in [-0.05, 0) is 25.3 Å². The van der Waals surface area contributed by atoms with E-state index in [9.17, 15) is 4.79 Å². The van der Waals surface area contributed by atoms with E-state index in [0.29, 0.717) is 0 Å². The second-order valence-electron chi connectivity index (χ2n) is 4.33. The van der Waals surface area contributed by atoms with E-state index in [4.69, 9.17) is 4.74 Å². The third kappa shape index (κ3) is 1.76.